The molecule has 0 spiro atoms. The predicted molar refractivity (Wildman–Crippen MR) is 73.7 cm³/mol. The van der Waals surface area contributed by atoms with E-state index in [1.807, 2.05) is 44.2 Å². The van der Waals surface area contributed by atoms with E-state index >= 15 is 0 Å². The van der Waals surface area contributed by atoms with Crippen LogP contribution in [0, 0.1) is 0 Å². The Morgan fingerprint density at radius 3 is 2.68 bits per heavy atom. The van der Waals surface area contributed by atoms with Crippen LogP contribution in [0.5, 0.6) is 0 Å². The van der Waals surface area contributed by atoms with Crippen LogP contribution in [0.3, 0.4) is 0 Å². The first-order valence-electron chi connectivity index (χ1n) is 6.31. The van der Waals surface area contributed by atoms with Crippen molar-refractivity contribution < 1.29 is 4.79 Å². The molecule has 0 atom stereocenters. The molecule has 0 fully saturated rings. The predicted octanol–water partition coefficient (Wildman–Crippen LogP) is 2.53. The average Bonchev–Trinajstić information content (AvgIpc) is 2.46. The van der Waals surface area contributed by atoms with Crippen molar-refractivity contribution in [2.45, 2.75) is 26.3 Å². The summed E-state index contributed by atoms with van der Waals surface area (Å²) < 4.78 is 0. The summed E-state index contributed by atoms with van der Waals surface area (Å²) in [7, 11) is 0. The van der Waals surface area contributed by atoms with E-state index in [9.17, 15) is 4.79 Å². The van der Waals surface area contributed by atoms with Crippen molar-refractivity contribution in [3.8, 4) is 0 Å². The smallest absolute Gasteiger partial charge is 0.253 e. The Bertz CT molecular complexity index is 552. The number of nitrogens with zero attached hydrogens (tertiary/aromatic N) is 2. The van der Waals surface area contributed by atoms with E-state index in [1.165, 1.54) is 6.20 Å². The highest BCUT2D eigenvalue weighted by atomic mass is 16.1. The second-order valence-corrected chi connectivity index (χ2v) is 4.69. The molecular weight excluding hydrogens is 238 g/mol. The van der Waals surface area contributed by atoms with Gasteiger partial charge in [0.15, 0.2) is 0 Å². The van der Waals surface area contributed by atoms with Gasteiger partial charge in [0, 0.05) is 6.54 Å². The maximum Gasteiger partial charge on any atom is 0.253 e. The van der Waals surface area contributed by atoms with Crippen molar-refractivity contribution in [1.29, 1.82) is 0 Å². The molecule has 0 saturated heterocycles. The highest BCUT2D eigenvalue weighted by molar-refractivity contribution is 5.93. The van der Waals surface area contributed by atoms with E-state index in [1.54, 1.807) is 6.07 Å². The van der Waals surface area contributed by atoms with E-state index in [-0.39, 0.29) is 11.8 Å². The van der Waals surface area contributed by atoms with E-state index in [4.69, 9.17) is 0 Å². The minimum absolute atomic E-state index is 0.124. The molecule has 1 aromatic heterocycles. The molecule has 0 bridgehead atoms. The molecule has 1 aromatic carbocycles. The molecule has 0 unspecified atom stereocenters. The molecule has 0 radical (unpaired) electrons. The molecular formula is C15H17N3O. The van der Waals surface area contributed by atoms with Crippen molar-refractivity contribution in [3.05, 3.63) is 59.4 Å². The lowest BCUT2D eigenvalue weighted by molar-refractivity contribution is 0.0950. The number of benzene rings is 1. The van der Waals surface area contributed by atoms with Crippen LogP contribution in [-0.4, -0.2) is 16.1 Å². The van der Waals surface area contributed by atoms with Crippen LogP contribution in [0.4, 0.5) is 0 Å². The number of amides is 1. The van der Waals surface area contributed by atoms with Gasteiger partial charge in [-0.15, -0.1) is 0 Å². The van der Waals surface area contributed by atoms with Gasteiger partial charge in [0.2, 0.25) is 0 Å². The van der Waals surface area contributed by atoms with Gasteiger partial charge in [-0.2, -0.15) is 10.2 Å². The van der Waals surface area contributed by atoms with E-state index in [0.29, 0.717) is 12.1 Å². The zero-order valence-corrected chi connectivity index (χ0v) is 11.1. The molecule has 2 aromatic rings. The molecule has 4 heteroatoms. The molecule has 1 heterocycles. The summed E-state index contributed by atoms with van der Waals surface area (Å²) in [5.74, 6) is 0.134. The summed E-state index contributed by atoms with van der Waals surface area (Å²) in [6.45, 7) is 4.56. The fourth-order valence-corrected chi connectivity index (χ4v) is 1.67. The van der Waals surface area contributed by atoms with Crippen molar-refractivity contribution in [3.63, 3.8) is 0 Å². The molecule has 1 N–H and O–H groups in total. The number of aromatic nitrogens is 2. The molecule has 0 saturated carbocycles. The Morgan fingerprint density at radius 2 is 2.00 bits per heavy atom. The summed E-state index contributed by atoms with van der Waals surface area (Å²) >= 11 is 0. The zero-order valence-electron chi connectivity index (χ0n) is 11.1. The average molecular weight is 255 g/mol. The third-order valence-corrected chi connectivity index (χ3v) is 2.82. The Hall–Kier alpha value is -2.23. The van der Waals surface area contributed by atoms with Gasteiger partial charge in [0.1, 0.15) is 0 Å². The molecule has 0 aliphatic rings. The maximum atomic E-state index is 12.0. The number of hydrogen-bond donors (Lipinski definition) is 1. The van der Waals surface area contributed by atoms with Gasteiger partial charge in [0.05, 0.1) is 17.5 Å². The topological polar surface area (TPSA) is 54.9 Å². The lowest BCUT2D eigenvalue weighted by Crippen LogP contribution is -2.23. The second kappa shape index (κ2) is 6.09. The van der Waals surface area contributed by atoms with Crippen LogP contribution in [0.25, 0.3) is 0 Å². The second-order valence-electron chi connectivity index (χ2n) is 4.69. The van der Waals surface area contributed by atoms with Crippen molar-refractivity contribution in [1.82, 2.24) is 15.5 Å². The highest BCUT2D eigenvalue weighted by Crippen LogP contribution is 2.11. The first kappa shape index (κ1) is 13.2. The standard InChI is InChI=1S/C15H17N3O/c1-11(2)14-8-13(10-17-18-14)15(19)16-9-12-6-4-3-5-7-12/h3-8,10-11H,9H2,1-2H3,(H,16,19). The molecule has 19 heavy (non-hydrogen) atoms. The van der Waals surface area contributed by atoms with Crippen LogP contribution in [0.15, 0.2) is 42.6 Å². The van der Waals surface area contributed by atoms with Crippen molar-refractivity contribution in [2.75, 3.05) is 0 Å². The number of carbonyl (C=O) groups is 1. The molecule has 0 aliphatic carbocycles. The van der Waals surface area contributed by atoms with Gasteiger partial charge in [-0.25, -0.2) is 0 Å². The fourth-order valence-electron chi connectivity index (χ4n) is 1.67. The largest absolute Gasteiger partial charge is 0.348 e. The molecule has 4 nitrogen and oxygen atoms in total. The van der Waals surface area contributed by atoms with Crippen molar-refractivity contribution in [2.24, 2.45) is 0 Å². The molecule has 2 rings (SSSR count). The van der Waals surface area contributed by atoms with Gasteiger partial charge < -0.3 is 5.32 Å². The van der Waals surface area contributed by atoms with Crippen molar-refractivity contribution >= 4 is 5.91 Å². The molecule has 1 amide bonds. The number of rotatable bonds is 4. The lowest BCUT2D eigenvalue weighted by atomic mass is 10.1. The monoisotopic (exact) mass is 255 g/mol. The number of hydrogen-bond acceptors (Lipinski definition) is 3. The minimum Gasteiger partial charge on any atom is -0.348 e. The van der Waals surface area contributed by atoms with Crippen LogP contribution >= 0.6 is 0 Å². The zero-order chi connectivity index (χ0) is 13.7. The Labute approximate surface area is 112 Å². The van der Waals surface area contributed by atoms with E-state index in [0.717, 1.165) is 11.3 Å². The van der Waals surface area contributed by atoms with Gasteiger partial charge >= 0.3 is 0 Å². The van der Waals surface area contributed by atoms with Crippen LogP contribution < -0.4 is 5.32 Å². The Balaban J connectivity index is 2.02. The maximum absolute atomic E-state index is 12.0. The number of nitrogens with one attached hydrogen (secondary N) is 1. The molecule has 0 aliphatic heterocycles. The third-order valence-electron chi connectivity index (χ3n) is 2.82. The van der Waals surface area contributed by atoms with Gasteiger partial charge in [-0.05, 0) is 17.5 Å². The van der Waals surface area contributed by atoms with E-state index < -0.39 is 0 Å². The van der Waals surface area contributed by atoms with Crippen LogP contribution in [0.1, 0.15) is 41.4 Å². The summed E-state index contributed by atoms with van der Waals surface area (Å²) in [5, 5.41) is 10.8. The SMILES string of the molecule is CC(C)c1cc(C(=O)NCc2ccccc2)cnn1. The quantitative estimate of drug-likeness (QED) is 0.913. The highest BCUT2D eigenvalue weighted by Gasteiger charge is 2.09. The van der Waals surface area contributed by atoms with Crippen LogP contribution in [0.2, 0.25) is 0 Å². The summed E-state index contributed by atoms with van der Waals surface area (Å²) in [6.07, 6.45) is 1.49. The minimum atomic E-state index is -0.124. The van der Waals surface area contributed by atoms with E-state index in [2.05, 4.69) is 15.5 Å². The fraction of sp³-hybridized carbons (Fsp3) is 0.267. The van der Waals surface area contributed by atoms with Crippen LogP contribution in [-0.2, 0) is 6.54 Å². The first-order chi connectivity index (χ1) is 9.16. The first-order valence-corrected chi connectivity index (χ1v) is 6.31. The Kier molecular flexibility index (Phi) is 4.23. The molecule has 98 valence electrons. The number of carbonyl (C=O) groups excluding carboxylic acids is 1. The summed E-state index contributed by atoms with van der Waals surface area (Å²) in [5.41, 5.74) is 2.45. The van der Waals surface area contributed by atoms with Gasteiger partial charge in [0.25, 0.3) is 5.91 Å². The third kappa shape index (κ3) is 3.61. The Morgan fingerprint density at radius 1 is 1.26 bits per heavy atom. The normalized spacial score (nSPS) is 10.5. The van der Waals surface area contributed by atoms with Gasteiger partial charge in [-0.3, -0.25) is 4.79 Å². The summed E-state index contributed by atoms with van der Waals surface area (Å²) in [4.78, 5) is 12.0. The summed E-state index contributed by atoms with van der Waals surface area (Å²) in [6, 6.07) is 11.6. The lowest BCUT2D eigenvalue weighted by Gasteiger charge is -2.07. The van der Waals surface area contributed by atoms with Gasteiger partial charge in [-0.1, -0.05) is 44.2 Å².